The molecule has 0 fully saturated rings. The second-order valence-electron chi connectivity index (χ2n) is 3.35. The van der Waals surface area contributed by atoms with Crippen molar-refractivity contribution in [2.75, 3.05) is 0 Å². The molecule has 0 N–H and O–H groups in total. The van der Waals surface area contributed by atoms with Crippen LogP contribution in [0.2, 0.25) is 0 Å². The predicted octanol–water partition coefficient (Wildman–Crippen LogP) is 3.65. The summed E-state index contributed by atoms with van der Waals surface area (Å²) < 4.78 is 5.65. The van der Waals surface area contributed by atoms with Gasteiger partial charge in [0.2, 0.25) is 0 Å². The maximum absolute atomic E-state index is 5.69. The third-order valence-electron chi connectivity index (χ3n) is 2.40. The van der Waals surface area contributed by atoms with Gasteiger partial charge in [-0.25, -0.2) is 0 Å². The summed E-state index contributed by atoms with van der Waals surface area (Å²) in [5, 5.41) is 2.26. The van der Waals surface area contributed by atoms with Gasteiger partial charge in [-0.05, 0) is 24.6 Å². The summed E-state index contributed by atoms with van der Waals surface area (Å²) in [5.41, 5.74) is 2.50. The summed E-state index contributed by atoms with van der Waals surface area (Å²) in [6.45, 7) is 5.69. The Kier molecular flexibility index (Phi) is 1.42. The smallest absolute Gasteiger partial charge is 0.135 e. The third-order valence-corrected chi connectivity index (χ3v) is 2.40. The first kappa shape index (κ1) is 7.63. The molecule has 3 rings (SSSR count). The van der Waals surface area contributed by atoms with E-state index in [1.165, 1.54) is 0 Å². The van der Waals surface area contributed by atoms with E-state index >= 15 is 0 Å². The van der Waals surface area contributed by atoms with Crippen molar-refractivity contribution in [1.82, 2.24) is 0 Å². The molecule has 0 saturated carbocycles. The molecule has 0 bridgehead atoms. The summed E-state index contributed by atoms with van der Waals surface area (Å²) in [6.07, 6.45) is 0. The Morgan fingerprint density at radius 1 is 0.857 bits per heavy atom. The van der Waals surface area contributed by atoms with Crippen LogP contribution in [0, 0.1) is 6.92 Å². The molecule has 0 spiro atoms. The van der Waals surface area contributed by atoms with Gasteiger partial charge in [-0.3, -0.25) is 0 Å². The van der Waals surface area contributed by atoms with Crippen LogP contribution < -0.4 is 0 Å². The third kappa shape index (κ3) is 0.956. The van der Waals surface area contributed by atoms with Crippen LogP contribution in [0.5, 0.6) is 0 Å². The maximum Gasteiger partial charge on any atom is 0.135 e. The Morgan fingerprint density at radius 3 is 2.57 bits per heavy atom. The van der Waals surface area contributed by atoms with Gasteiger partial charge in [0, 0.05) is 10.8 Å². The monoisotopic (exact) mass is 180 g/mol. The van der Waals surface area contributed by atoms with Gasteiger partial charge in [0.25, 0.3) is 0 Å². The Labute approximate surface area is 82.0 Å². The molecule has 0 atom stereocenters. The molecule has 14 heavy (non-hydrogen) atoms. The van der Waals surface area contributed by atoms with Crippen molar-refractivity contribution in [2.45, 2.75) is 0 Å². The highest BCUT2D eigenvalue weighted by molar-refractivity contribution is 6.04. The highest BCUT2D eigenvalue weighted by Gasteiger charge is 2.04. The fourth-order valence-corrected chi connectivity index (χ4v) is 1.74. The van der Waals surface area contributed by atoms with Crippen LogP contribution >= 0.6 is 0 Å². The van der Waals surface area contributed by atoms with Gasteiger partial charge in [-0.1, -0.05) is 30.3 Å². The lowest BCUT2D eigenvalue weighted by Gasteiger charge is -1.90. The summed E-state index contributed by atoms with van der Waals surface area (Å²) in [6, 6.07) is 13.7. The minimum atomic E-state index is 0.733. The quantitative estimate of drug-likeness (QED) is 0.514. The number of hydrogen-bond acceptors (Lipinski definition) is 1. The molecule has 0 aliphatic carbocycles. The number of para-hydroxylation sites is 1. The fraction of sp³-hybridized carbons (Fsp3) is 0. The maximum atomic E-state index is 5.69. The molecule has 3 aromatic rings. The van der Waals surface area contributed by atoms with Crippen molar-refractivity contribution in [2.24, 2.45) is 0 Å². The van der Waals surface area contributed by atoms with Gasteiger partial charge in [0.05, 0.1) is 0 Å². The molecular weight excluding hydrogens is 172 g/mol. The number of hydrogen-bond donors (Lipinski definition) is 0. The summed E-state index contributed by atoms with van der Waals surface area (Å²) in [5.74, 6) is 0. The van der Waals surface area contributed by atoms with Crippen LogP contribution in [0.15, 0.2) is 46.9 Å². The number of furan rings is 1. The first-order valence-electron chi connectivity index (χ1n) is 4.51. The molecule has 1 heterocycles. The zero-order valence-corrected chi connectivity index (χ0v) is 7.53. The first-order chi connectivity index (χ1) is 6.84. The highest BCUT2D eigenvalue weighted by atomic mass is 16.3. The van der Waals surface area contributed by atoms with Gasteiger partial charge >= 0.3 is 0 Å². The Bertz CT molecular complexity index is 605. The zero-order chi connectivity index (χ0) is 9.54. The van der Waals surface area contributed by atoms with Crippen LogP contribution in [-0.2, 0) is 0 Å². The van der Waals surface area contributed by atoms with Gasteiger partial charge in [-0.15, -0.1) is 0 Å². The van der Waals surface area contributed by atoms with Crippen LogP contribution in [0.25, 0.3) is 21.9 Å². The van der Waals surface area contributed by atoms with Crippen LogP contribution in [0.1, 0.15) is 5.56 Å². The molecule has 66 valence electrons. The van der Waals surface area contributed by atoms with E-state index in [0.29, 0.717) is 0 Å². The van der Waals surface area contributed by atoms with Gasteiger partial charge in [0.1, 0.15) is 11.2 Å². The average Bonchev–Trinajstić information content (AvgIpc) is 2.54. The molecule has 0 amide bonds. The summed E-state index contributed by atoms with van der Waals surface area (Å²) in [7, 11) is 0. The molecule has 1 nitrogen and oxygen atoms in total. The molecule has 1 heteroatoms. The van der Waals surface area contributed by atoms with Crippen molar-refractivity contribution in [3.63, 3.8) is 0 Å². The molecule has 0 aliphatic rings. The fourth-order valence-electron chi connectivity index (χ4n) is 1.74. The molecular formula is C13H8O. The minimum Gasteiger partial charge on any atom is -0.456 e. The molecule has 1 aromatic heterocycles. The van der Waals surface area contributed by atoms with E-state index in [9.17, 15) is 0 Å². The lowest BCUT2D eigenvalue weighted by molar-refractivity contribution is 0.669. The molecule has 0 unspecified atom stereocenters. The van der Waals surface area contributed by atoms with E-state index in [2.05, 4.69) is 6.07 Å². The number of rotatable bonds is 0. The van der Waals surface area contributed by atoms with E-state index < -0.39 is 0 Å². The Hall–Kier alpha value is -1.76. The first-order valence-corrected chi connectivity index (χ1v) is 4.51. The van der Waals surface area contributed by atoms with E-state index in [0.717, 1.165) is 27.5 Å². The summed E-state index contributed by atoms with van der Waals surface area (Å²) in [4.78, 5) is 0. The summed E-state index contributed by atoms with van der Waals surface area (Å²) >= 11 is 0. The van der Waals surface area contributed by atoms with Crippen molar-refractivity contribution in [3.8, 4) is 0 Å². The lowest BCUT2D eigenvalue weighted by Crippen LogP contribution is -1.69. The zero-order valence-electron chi connectivity index (χ0n) is 7.53. The minimum absolute atomic E-state index is 0.733. The second-order valence-corrected chi connectivity index (χ2v) is 3.35. The van der Waals surface area contributed by atoms with Crippen molar-refractivity contribution in [3.05, 3.63) is 55.0 Å². The van der Waals surface area contributed by atoms with Crippen LogP contribution in [-0.4, -0.2) is 0 Å². The topological polar surface area (TPSA) is 13.1 Å². The Morgan fingerprint density at radius 2 is 1.64 bits per heavy atom. The largest absolute Gasteiger partial charge is 0.456 e. The number of fused-ring (bicyclic) bond motifs is 3. The molecule has 2 aromatic carbocycles. The second kappa shape index (κ2) is 2.61. The van der Waals surface area contributed by atoms with Gasteiger partial charge < -0.3 is 4.42 Å². The molecule has 0 aliphatic heterocycles. The standard InChI is InChI=1S/C13H8O/c1-9-6-7-11-10-4-2-3-5-12(10)14-13(11)8-9/h1-8H. The van der Waals surface area contributed by atoms with Crippen molar-refractivity contribution in [1.29, 1.82) is 0 Å². The Balaban J connectivity index is 2.57. The highest BCUT2D eigenvalue weighted by Crippen LogP contribution is 2.28. The molecule has 2 radical (unpaired) electrons. The number of benzene rings is 2. The van der Waals surface area contributed by atoms with Crippen molar-refractivity contribution < 1.29 is 4.42 Å². The van der Waals surface area contributed by atoms with Gasteiger partial charge in [0.15, 0.2) is 0 Å². The van der Waals surface area contributed by atoms with E-state index in [1.54, 1.807) is 0 Å². The predicted molar refractivity (Wildman–Crippen MR) is 57.1 cm³/mol. The lowest BCUT2D eigenvalue weighted by atomic mass is 10.1. The SMILES string of the molecule is [CH]c1ccc2c(c1)oc1ccccc12. The van der Waals surface area contributed by atoms with Crippen LogP contribution in [0.4, 0.5) is 0 Å². The van der Waals surface area contributed by atoms with E-state index in [1.807, 2.05) is 36.4 Å². The average molecular weight is 180 g/mol. The van der Waals surface area contributed by atoms with E-state index in [4.69, 9.17) is 11.3 Å². The van der Waals surface area contributed by atoms with E-state index in [-0.39, 0.29) is 0 Å². The normalized spacial score (nSPS) is 11.2. The van der Waals surface area contributed by atoms with Crippen molar-refractivity contribution >= 4 is 21.9 Å². The van der Waals surface area contributed by atoms with Crippen LogP contribution in [0.3, 0.4) is 0 Å². The van der Waals surface area contributed by atoms with Gasteiger partial charge in [-0.2, -0.15) is 0 Å². The molecule has 0 saturated heterocycles.